The van der Waals surface area contributed by atoms with Gasteiger partial charge in [-0.3, -0.25) is 0 Å². The van der Waals surface area contributed by atoms with Gasteiger partial charge in [0.25, 0.3) is 0 Å². The van der Waals surface area contributed by atoms with Gasteiger partial charge in [-0.25, -0.2) is 0 Å². The molecule has 2 nitrogen and oxygen atoms in total. The van der Waals surface area contributed by atoms with Crippen LogP contribution in [0.2, 0.25) is 0 Å². The zero-order chi connectivity index (χ0) is 12.8. The van der Waals surface area contributed by atoms with Crippen LogP contribution in [-0.2, 0) is 0 Å². The minimum atomic E-state index is 0.647. The molecule has 0 atom stereocenters. The van der Waals surface area contributed by atoms with E-state index >= 15 is 0 Å². The molecule has 1 aromatic carbocycles. The first-order valence-corrected chi connectivity index (χ1v) is 6.52. The molecule has 96 valence electrons. The van der Waals surface area contributed by atoms with Gasteiger partial charge in [-0.2, -0.15) is 0 Å². The SMILES string of the molecule is CC(C)=CCOc1ccc(C2=CCNCC2)cc1. The Kier molecular flexibility index (Phi) is 4.59. The molecule has 0 saturated carbocycles. The average molecular weight is 243 g/mol. The van der Waals surface area contributed by atoms with E-state index in [1.165, 1.54) is 16.7 Å². The van der Waals surface area contributed by atoms with E-state index in [1.807, 2.05) is 0 Å². The Bertz CT molecular complexity index is 439. The second-order valence-corrected chi connectivity index (χ2v) is 4.80. The molecule has 0 unspecified atom stereocenters. The molecule has 0 saturated heterocycles. The van der Waals surface area contributed by atoms with Crippen LogP contribution in [0.15, 0.2) is 42.0 Å². The second-order valence-electron chi connectivity index (χ2n) is 4.80. The third kappa shape index (κ3) is 3.74. The summed E-state index contributed by atoms with van der Waals surface area (Å²) in [4.78, 5) is 0. The van der Waals surface area contributed by atoms with E-state index in [-0.39, 0.29) is 0 Å². The fourth-order valence-electron chi connectivity index (χ4n) is 1.95. The summed E-state index contributed by atoms with van der Waals surface area (Å²) in [7, 11) is 0. The lowest BCUT2D eigenvalue weighted by Gasteiger charge is -2.14. The van der Waals surface area contributed by atoms with E-state index in [9.17, 15) is 0 Å². The van der Waals surface area contributed by atoms with E-state index in [0.717, 1.165) is 25.3 Å². The van der Waals surface area contributed by atoms with Crippen LogP contribution in [0.25, 0.3) is 5.57 Å². The molecule has 0 bridgehead atoms. The van der Waals surface area contributed by atoms with Gasteiger partial charge in [0, 0.05) is 6.54 Å². The van der Waals surface area contributed by atoms with Crippen LogP contribution in [0.4, 0.5) is 0 Å². The summed E-state index contributed by atoms with van der Waals surface area (Å²) < 4.78 is 5.65. The zero-order valence-electron chi connectivity index (χ0n) is 11.2. The molecule has 0 radical (unpaired) electrons. The molecular weight excluding hydrogens is 222 g/mol. The summed E-state index contributed by atoms with van der Waals surface area (Å²) in [6.45, 7) is 6.86. The molecule has 0 aromatic heterocycles. The maximum absolute atomic E-state index is 5.65. The highest BCUT2D eigenvalue weighted by Crippen LogP contribution is 2.22. The molecule has 2 rings (SSSR count). The quantitative estimate of drug-likeness (QED) is 0.818. The maximum Gasteiger partial charge on any atom is 0.119 e. The summed E-state index contributed by atoms with van der Waals surface area (Å²) >= 11 is 0. The molecule has 18 heavy (non-hydrogen) atoms. The Hall–Kier alpha value is -1.54. The highest BCUT2D eigenvalue weighted by molar-refractivity contribution is 5.67. The van der Waals surface area contributed by atoms with Crippen LogP contribution in [0.5, 0.6) is 5.75 Å². The minimum absolute atomic E-state index is 0.647. The summed E-state index contributed by atoms with van der Waals surface area (Å²) in [5, 5.41) is 3.33. The number of hydrogen-bond donors (Lipinski definition) is 1. The molecule has 1 aromatic rings. The molecule has 0 spiro atoms. The third-order valence-corrected chi connectivity index (χ3v) is 3.03. The van der Waals surface area contributed by atoms with Crippen molar-refractivity contribution in [3.63, 3.8) is 0 Å². The Balaban J connectivity index is 1.97. The van der Waals surface area contributed by atoms with Gasteiger partial charge < -0.3 is 10.1 Å². The molecule has 0 fully saturated rings. The Morgan fingerprint density at radius 1 is 1.28 bits per heavy atom. The molecule has 2 heteroatoms. The molecule has 1 heterocycles. The first kappa shape index (κ1) is 12.9. The van der Waals surface area contributed by atoms with Gasteiger partial charge in [0.05, 0.1) is 0 Å². The Morgan fingerprint density at radius 2 is 2.06 bits per heavy atom. The normalized spacial score (nSPS) is 14.9. The first-order valence-electron chi connectivity index (χ1n) is 6.52. The van der Waals surface area contributed by atoms with E-state index in [1.54, 1.807) is 0 Å². The largest absolute Gasteiger partial charge is 0.490 e. The molecule has 1 N–H and O–H groups in total. The van der Waals surface area contributed by atoms with Crippen molar-refractivity contribution in [1.82, 2.24) is 5.32 Å². The summed E-state index contributed by atoms with van der Waals surface area (Å²) in [6.07, 6.45) is 5.46. The second kappa shape index (κ2) is 6.41. The van der Waals surface area contributed by atoms with Gasteiger partial charge in [-0.05, 0) is 56.2 Å². The first-order chi connectivity index (χ1) is 8.75. The summed E-state index contributed by atoms with van der Waals surface area (Å²) in [5.74, 6) is 0.936. The smallest absolute Gasteiger partial charge is 0.119 e. The van der Waals surface area contributed by atoms with Gasteiger partial charge in [0.2, 0.25) is 0 Å². The molecule has 1 aliphatic rings. The van der Waals surface area contributed by atoms with Gasteiger partial charge in [0.15, 0.2) is 0 Å². The van der Waals surface area contributed by atoms with Crippen molar-refractivity contribution in [2.24, 2.45) is 0 Å². The molecule has 1 aliphatic heterocycles. The molecular formula is C16H21NO. The van der Waals surface area contributed by atoms with E-state index in [4.69, 9.17) is 4.74 Å². The molecule has 0 amide bonds. The number of allylic oxidation sites excluding steroid dienone is 1. The number of benzene rings is 1. The van der Waals surface area contributed by atoms with E-state index < -0.39 is 0 Å². The number of ether oxygens (including phenoxy) is 1. The van der Waals surface area contributed by atoms with Crippen LogP contribution in [0, 0.1) is 0 Å². The number of rotatable bonds is 4. The van der Waals surface area contributed by atoms with E-state index in [2.05, 4.69) is 55.6 Å². The Labute approximate surface area is 109 Å². The highest BCUT2D eigenvalue weighted by Gasteiger charge is 2.05. The number of hydrogen-bond acceptors (Lipinski definition) is 2. The predicted octanol–water partition coefficient (Wildman–Crippen LogP) is 3.41. The van der Waals surface area contributed by atoms with Crippen molar-refractivity contribution >= 4 is 5.57 Å². The highest BCUT2D eigenvalue weighted by atomic mass is 16.5. The van der Waals surface area contributed by atoms with Crippen molar-refractivity contribution < 1.29 is 4.74 Å². The van der Waals surface area contributed by atoms with Crippen LogP contribution < -0.4 is 10.1 Å². The minimum Gasteiger partial charge on any atom is -0.490 e. The van der Waals surface area contributed by atoms with Crippen molar-refractivity contribution in [2.75, 3.05) is 19.7 Å². The summed E-state index contributed by atoms with van der Waals surface area (Å²) in [5.41, 5.74) is 4.03. The predicted molar refractivity (Wildman–Crippen MR) is 76.8 cm³/mol. The number of nitrogens with one attached hydrogen (secondary N) is 1. The standard InChI is InChI=1S/C16H21NO/c1-13(2)9-12-18-16-5-3-14(4-6-16)15-7-10-17-11-8-15/h3-7,9,17H,8,10-12H2,1-2H3. The van der Waals surface area contributed by atoms with Gasteiger partial charge in [0.1, 0.15) is 12.4 Å². The van der Waals surface area contributed by atoms with Crippen LogP contribution in [0.3, 0.4) is 0 Å². The Morgan fingerprint density at radius 3 is 2.67 bits per heavy atom. The van der Waals surface area contributed by atoms with Crippen LogP contribution in [-0.4, -0.2) is 19.7 Å². The van der Waals surface area contributed by atoms with E-state index in [0.29, 0.717) is 6.61 Å². The van der Waals surface area contributed by atoms with Crippen molar-refractivity contribution in [3.8, 4) is 5.75 Å². The maximum atomic E-state index is 5.65. The molecule has 0 aliphatic carbocycles. The topological polar surface area (TPSA) is 21.3 Å². The van der Waals surface area contributed by atoms with Gasteiger partial charge in [-0.1, -0.05) is 23.8 Å². The van der Waals surface area contributed by atoms with Gasteiger partial charge in [-0.15, -0.1) is 0 Å². The fourth-order valence-corrected chi connectivity index (χ4v) is 1.95. The zero-order valence-corrected chi connectivity index (χ0v) is 11.2. The lowest BCUT2D eigenvalue weighted by atomic mass is 10.0. The average Bonchev–Trinajstić information content (AvgIpc) is 2.40. The van der Waals surface area contributed by atoms with Crippen molar-refractivity contribution in [1.29, 1.82) is 0 Å². The van der Waals surface area contributed by atoms with Crippen molar-refractivity contribution in [2.45, 2.75) is 20.3 Å². The van der Waals surface area contributed by atoms with Gasteiger partial charge >= 0.3 is 0 Å². The monoisotopic (exact) mass is 243 g/mol. The lowest BCUT2D eigenvalue weighted by molar-refractivity contribution is 0.362. The van der Waals surface area contributed by atoms with Crippen molar-refractivity contribution in [3.05, 3.63) is 47.6 Å². The fraction of sp³-hybridized carbons (Fsp3) is 0.375. The third-order valence-electron chi connectivity index (χ3n) is 3.03. The lowest BCUT2D eigenvalue weighted by Crippen LogP contribution is -2.19. The van der Waals surface area contributed by atoms with Crippen LogP contribution in [0.1, 0.15) is 25.8 Å². The summed E-state index contributed by atoms with van der Waals surface area (Å²) in [6, 6.07) is 8.40. The van der Waals surface area contributed by atoms with Crippen LogP contribution >= 0.6 is 0 Å².